The standard InChI is InChI=1S/C23H22N2O4/c1-29-20-12-5-2-8-16(20)13-14-21(26)25-18-10-4-3-9-17(18)22(27)24-15-7-6-11-19(24)23(25)28/h2-5,8-10,12-14,19H,6-7,11,15H2,1H3/b14-13+. The number of hydrogen-bond acceptors (Lipinski definition) is 4. The molecular weight excluding hydrogens is 368 g/mol. The Hall–Kier alpha value is -3.41. The molecule has 0 aromatic heterocycles. The van der Waals surface area contributed by atoms with Crippen LogP contribution in [-0.2, 0) is 9.59 Å². The minimum absolute atomic E-state index is 0.192. The van der Waals surface area contributed by atoms with Crippen molar-refractivity contribution in [1.82, 2.24) is 4.90 Å². The number of piperidine rings is 1. The fourth-order valence-electron chi connectivity index (χ4n) is 3.97. The van der Waals surface area contributed by atoms with E-state index in [4.69, 9.17) is 4.74 Å². The van der Waals surface area contributed by atoms with Crippen LogP contribution in [-0.4, -0.2) is 42.3 Å². The van der Waals surface area contributed by atoms with Gasteiger partial charge < -0.3 is 9.64 Å². The van der Waals surface area contributed by atoms with E-state index in [0.717, 1.165) is 23.3 Å². The lowest BCUT2D eigenvalue weighted by atomic mass is 10.0. The van der Waals surface area contributed by atoms with Crippen molar-refractivity contribution in [3.05, 3.63) is 65.7 Å². The SMILES string of the molecule is COc1ccccc1/C=C/C(=O)N1C(=O)C2CCCCN2C(=O)c2ccccc21. The highest BCUT2D eigenvalue weighted by Crippen LogP contribution is 2.32. The number of methoxy groups -OCH3 is 1. The zero-order valence-electron chi connectivity index (χ0n) is 16.2. The maximum absolute atomic E-state index is 13.3. The summed E-state index contributed by atoms with van der Waals surface area (Å²) >= 11 is 0. The van der Waals surface area contributed by atoms with E-state index >= 15 is 0 Å². The van der Waals surface area contributed by atoms with Crippen molar-refractivity contribution in [2.75, 3.05) is 18.6 Å². The molecule has 148 valence electrons. The quantitative estimate of drug-likeness (QED) is 0.755. The van der Waals surface area contributed by atoms with Crippen molar-refractivity contribution in [3.8, 4) is 5.75 Å². The Kier molecular flexibility index (Phi) is 5.16. The Morgan fingerprint density at radius 1 is 1.07 bits per heavy atom. The fraction of sp³-hybridized carbons (Fsp3) is 0.261. The summed E-state index contributed by atoms with van der Waals surface area (Å²) in [5.74, 6) is -0.387. The van der Waals surface area contributed by atoms with Gasteiger partial charge in [-0.1, -0.05) is 30.3 Å². The minimum atomic E-state index is -0.604. The molecule has 2 aromatic carbocycles. The van der Waals surface area contributed by atoms with Crippen molar-refractivity contribution < 1.29 is 19.1 Å². The van der Waals surface area contributed by atoms with Crippen LogP contribution in [0.4, 0.5) is 5.69 Å². The minimum Gasteiger partial charge on any atom is -0.496 e. The van der Waals surface area contributed by atoms with E-state index < -0.39 is 11.9 Å². The first-order valence-corrected chi connectivity index (χ1v) is 9.71. The summed E-state index contributed by atoms with van der Waals surface area (Å²) in [5.41, 5.74) is 1.45. The predicted octanol–water partition coefficient (Wildman–Crippen LogP) is 3.28. The van der Waals surface area contributed by atoms with E-state index in [9.17, 15) is 14.4 Å². The summed E-state index contributed by atoms with van der Waals surface area (Å²) in [6.07, 6.45) is 5.27. The zero-order chi connectivity index (χ0) is 20.4. The molecule has 2 heterocycles. The van der Waals surface area contributed by atoms with Crippen LogP contribution in [0.25, 0.3) is 6.08 Å². The second-order valence-electron chi connectivity index (χ2n) is 7.11. The molecule has 1 atom stereocenters. The van der Waals surface area contributed by atoms with Crippen molar-refractivity contribution in [1.29, 1.82) is 0 Å². The first-order valence-electron chi connectivity index (χ1n) is 9.71. The molecule has 6 nitrogen and oxygen atoms in total. The highest BCUT2D eigenvalue weighted by Gasteiger charge is 2.42. The molecule has 6 heteroatoms. The van der Waals surface area contributed by atoms with Crippen molar-refractivity contribution in [2.45, 2.75) is 25.3 Å². The lowest BCUT2D eigenvalue weighted by Gasteiger charge is -2.33. The summed E-state index contributed by atoms with van der Waals surface area (Å²) in [6.45, 7) is 0.530. The molecule has 0 radical (unpaired) electrons. The highest BCUT2D eigenvalue weighted by molar-refractivity contribution is 6.25. The third-order valence-electron chi connectivity index (χ3n) is 5.41. The van der Waals surface area contributed by atoms with Crippen LogP contribution in [0, 0.1) is 0 Å². The van der Waals surface area contributed by atoms with Gasteiger partial charge in [0.25, 0.3) is 17.7 Å². The Bertz CT molecular complexity index is 998. The van der Waals surface area contributed by atoms with Crippen molar-refractivity contribution in [2.24, 2.45) is 0 Å². The second kappa shape index (κ2) is 7.91. The molecule has 0 saturated carbocycles. The number of para-hydroxylation sites is 2. The maximum atomic E-state index is 13.3. The first kappa shape index (κ1) is 18.9. The second-order valence-corrected chi connectivity index (χ2v) is 7.11. The molecular formula is C23H22N2O4. The van der Waals surface area contributed by atoms with E-state index in [2.05, 4.69) is 0 Å². The Balaban J connectivity index is 1.73. The molecule has 0 N–H and O–H groups in total. The van der Waals surface area contributed by atoms with Gasteiger partial charge in [0.05, 0.1) is 18.4 Å². The van der Waals surface area contributed by atoms with E-state index in [1.165, 1.54) is 6.08 Å². The van der Waals surface area contributed by atoms with Crippen LogP contribution in [0.1, 0.15) is 35.2 Å². The molecule has 1 unspecified atom stereocenters. The average Bonchev–Trinajstić information content (AvgIpc) is 2.86. The number of rotatable bonds is 3. The van der Waals surface area contributed by atoms with Crippen molar-refractivity contribution >= 4 is 29.5 Å². The van der Waals surface area contributed by atoms with Crippen molar-refractivity contribution in [3.63, 3.8) is 0 Å². The number of fused-ring (bicyclic) bond motifs is 2. The summed E-state index contributed by atoms with van der Waals surface area (Å²) in [5, 5.41) is 0. The molecule has 3 amide bonds. The Morgan fingerprint density at radius 3 is 2.66 bits per heavy atom. The maximum Gasteiger partial charge on any atom is 0.257 e. The Labute approximate surface area is 169 Å². The molecule has 0 bridgehead atoms. The molecule has 2 aromatic rings. The summed E-state index contributed by atoms with van der Waals surface area (Å²) in [6, 6.07) is 13.5. The fourth-order valence-corrected chi connectivity index (χ4v) is 3.97. The molecule has 1 fully saturated rings. The topological polar surface area (TPSA) is 66.9 Å². The lowest BCUT2D eigenvalue weighted by molar-refractivity contribution is -0.128. The van der Waals surface area contributed by atoms with Crippen LogP contribution in [0.5, 0.6) is 5.75 Å². The zero-order valence-corrected chi connectivity index (χ0v) is 16.2. The van der Waals surface area contributed by atoms with Gasteiger partial charge in [-0.25, -0.2) is 4.90 Å². The molecule has 2 aliphatic heterocycles. The predicted molar refractivity (Wildman–Crippen MR) is 110 cm³/mol. The summed E-state index contributed by atoms with van der Waals surface area (Å²) in [4.78, 5) is 42.3. The van der Waals surface area contributed by atoms with Crippen LogP contribution in [0.15, 0.2) is 54.6 Å². The van der Waals surface area contributed by atoms with Crippen LogP contribution < -0.4 is 9.64 Å². The molecule has 2 aliphatic rings. The third-order valence-corrected chi connectivity index (χ3v) is 5.41. The number of benzene rings is 2. The average molecular weight is 390 g/mol. The van der Waals surface area contributed by atoms with Gasteiger partial charge in [-0.15, -0.1) is 0 Å². The van der Waals surface area contributed by atoms with E-state index in [1.54, 1.807) is 48.4 Å². The van der Waals surface area contributed by atoms with Crippen LogP contribution >= 0.6 is 0 Å². The Morgan fingerprint density at radius 2 is 1.83 bits per heavy atom. The van der Waals surface area contributed by atoms with Gasteiger partial charge >= 0.3 is 0 Å². The molecule has 29 heavy (non-hydrogen) atoms. The van der Waals surface area contributed by atoms with Crippen LogP contribution in [0.2, 0.25) is 0 Å². The highest BCUT2D eigenvalue weighted by atomic mass is 16.5. The number of carbonyl (C=O) groups excluding carboxylic acids is 3. The van der Waals surface area contributed by atoms with Gasteiger partial charge in [0.15, 0.2) is 0 Å². The van der Waals surface area contributed by atoms with E-state index in [-0.39, 0.29) is 11.8 Å². The van der Waals surface area contributed by atoms with E-state index in [1.807, 2.05) is 18.2 Å². The number of ether oxygens (including phenoxy) is 1. The van der Waals surface area contributed by atoms with Gasteiger partial charge in [-0.2, -0.15) is 0 Å². The number of anilines is 1. The largest absolute Gasteiger partial charge is 0.496 e. The van der Waals surface area contributed by atoms with Gasteiger partial charge in [-0.3, -0.25) is 14.4 Å². The van der Waals surface area contributed by atoms with Gasteiger partial charge in [0.1, 0.15) is 11.8 Å². The summed E-state index contributed by atoms with van der Waals surface area (Å²) in [7, 11) is 1.56. The van der Waals surface area contributed by atoms with Crippen LogP contribution in [0.3, 0.4) is 0 Å². The van der Waals surface area contributed by atoms with Gasteiger partial charge in [0, 0.05) is 18.2 Å². The molecule has 0 aliphatic carbocycles. The van der Waals surface area contributed by atoms with Gasteiger partial charge in [-0.05, 0) is 43.5 Å². The molecule has 4 rings (SSSR count). The number of hydrogen-bond donors (Lipinski definition) is 0. The summed E-state index contributed by atoms with van der Waals surface area (Å²) < 4.78 is 5.31. The molecule has 0 spiro atoms. The monoisotopic (exact) mass is 390 g/mol. The number of amides is 3. The molecule has 1 saturated heterocycles. The normalized spacial score (nSPS) is 19.0. The third kappa shape index (κ3) is 3.42. The smallest absolute Gasteiger partial charge is 0.257 e. The lowest BCUT2D eigenvalue weighted by Crippen LogP contribution is -2.51. The van der Waals surface area contributed by atoms with E-state index in [0.29, 0.717) is 30.0 Å². The number of carbonyl (C=O) groups is 3. The number of nitrogens with zero attached hydrogens (tertiary/aromatic N) is 2. The first-order chi connectivity index (χ1) is 14.1. The number of imide groups is 1. The van der Waals surface area contributed by atoms with Gasteiger partial charge in [0.2, 0.25) is 0 Å².